The second-order valence-corrected chi connectivity index (χ2v) is 5.95. The van der Waals surface area contributed by atoms with Crippen molar-refractivity contribution < 1.29 is 13.2 Å². The second-order valence-electron chi connectivity index (χ2n) is 4.39. The van der Waals surface area contributed by atoms with Crippen LogP contribution in [0.4, 0.5) is 5.69 Å². The molecule has 0 saturated carbocycles. The maximum atomic E-state index is 12.0. The van der Waals surface area contributed by atoms with Crippen molar-refractivity contribution in [2.24, 2.45) is 5.14 Å². The molecular weight excluding hydrogens is 276 g/mol. The number of benzene rings is 2. The number of rotatable bonds is 3. The molecule has 0 aliphatic carbocycles. The molecule has 104 valence electrons. The van der Waals surface area contributed by atoms with Crippen LogP contribution in [0.2, 0.25) is 0 Å². The Bertz CT molecular complexity index is 720. The Morgan fingerprint density at radius 2 is 1.55 bits per heavy atom. The van der Waals surface area contributed by atoms with Crippen LogP contribution >= 0.6 is 0 Å². The molecule has 2 aromatic carbocycles. The van der Waals surface area contributed by atoms with Crippen LogP contribution in [0.15, 0.2) is 53.4 Å². The van der Waals surface area contributed by atoms with Crippen LogP contribution in [0.3, 0.4) is 0 Å². The number of anilines is 1. The number of carbonyl (C=O) groups excluding carboxylic acids is 1. The third kappa shape index (κ3) is 3.43. The number of nitrogens with two attached hydrogens (primary N) is 1. The Hall–Kier alpha value is -2.18. The van der Waals surface area contributed by atoms with Crippen LogP contribution in [-0.2, 0) is 10.0 Å². The molecule has 0 fully saturated rings. The summed E-state index contributed by atoms with van der Waals surface area (Å²) in [6.45, 7) is 1.96. The van der Waals surface area contributed by atoms with E-state index in [-0.39, 0.29) is 10.8 Å². The Morgan fingerprint density at radius 1 is 1.00 bits per heavy atom. The molecule has 2 aromatic rings. The van der Waals surface area contributed by atoms with Gasteiger partial charge in [-0.05, 0) is 43.3 Å². The minimum atomic E-state index is -3.74. The summed E-state index contributed by atoms with van der Waals surface area (Å²) in [5, 5.41) is 7.72. The van der Waals surface area contributed by atoms with Gasteiger partial charge in [-0.15, -0.1) is 0 Å². The van der Waals surface area contributed by atoms with E-state index in [1.807, 2.05) is 19.1 Å². The van der Waals surface area contributed by atoms with Gasteiger partial charge in [0.25, 0.3) is 5.91 Å². The van der Waals surface area contributed by atoms with Crippen molar-refractivity contribution in [3.63, 3.8) is 0 Å². The lowest BCUT2D eigenvalue weighted by atomic mass is 10.2. The fourth-order valence-electron chi connectivity index (χ4n) is 1.64. The molecule has 0 aromatic heterocycles. The Balaban J connectivity index is 2.15. The van der Waals surface area contributed by atoms with Gasteiger partial charge >= 0.3 is 0 Å². The number of primary sulfonamides is 1. The van der Waals surface area contributed by atoms with E-state index in [9.17, 15) is 13.2 Å². The number of carbonyl (C=O) groups is 1. The molecule has 0 saturated heterocycles. The second kappa shape index (κ2) is 5.44. The molecule has 0 aliphatic rings. The highest BCUT2D eigenvalue weighted by molar-refractivity contribution is 7.89. The van der Waals surface area contributed by atoms with Crippen LogP contribution in [0.1, 0.15) is 15.9 Å². The average Bonchev–Trinajstić information content (AvgIpc) is 2.40. The Labute approximate surface area is 117 Å². The monoisotopic (exact) mass is 290 g/mol. The van der Waals surface area contributed by atoms with Gasteiger partial charge in [0.1, 0.15) is 0 Å². The normalized spacial score (nSPS) is 11.1. The minimum absolute atomic E-state index is 0.0237. The molecule has 1 amide bonds. The van der Waals surface area contributed by atoms with Crippen LogP contribution in [0.25, 0.3) is 0 Å². The molecule has 0 aliphatic heterocycles. The summed E-state index contributed by atoms with van der Waals surface area (Å²) < 4.78 is 22.2. The predicted molar refractivity (Wildman–Crippen MR) is 76.9 cm³/mol. The first-order chi connectivity index (χ1) is 9.36. The lowest BCUT2D eigenvalue weighted by Crippen LogP contribution is -2.14. The van der Waals surface area contributed by atoms with Gasteiger partial charge in [0.05, 0.1) is 4.90 Å². The van der Waals surface area contributed by atoms with E-state index in [0.29, 0.717) is 11.3 Å². The van der Waals surface area contributed by atoms with Gasteiger partial charge in [0.2, 0.25) is 10.0 Å². The number of nitrogens with one attached hydrogen (secondary N) is 1. The third-order valence-corrected chi connectivity index (χ3v) is 3.68. The summed E-state index contributed by atoms with van der Waals surface area (Å²) in [7, 11) is -3.74. The summed E-state index contributed by atoms with van der Waals surface area (Å²) in [5.74, 6) is -0.310. The third-order valence-electron chi connectivity index (χ3n) is 2.75. The van der Waals surface area contributed by atoms with Crippen molar-refractivity contribution in [2.75, 3.05) is 5.32 Å². The van der Waals surface area contributed by atoms with Gasteiger partial charge in [-0.1, -0.05) is 17.7 Å². The molecular formula is C14H14N2O3S. The van der Waals surface area contributed by atoms with Gasteiger partial charge in [0.15, 0.2) is 0 Å². The Kier molecular flexibility index (Phi) is 3.87. The maximum Gasteiger partial charge on any atom is 0.255 e. The van der Waals surface area contributed by atoms with E-state index in [0.717, 1.165) is 5.56 Å². The van der Waals surface area contributed by atoms with Crippen LogP contribution in [-0.4, -0.2) is 14.3 Å². The highest BCUT2D eigenvalue weighted by Crippen LogP contribution is 2.13. The van der Waals surface area contributed by atoms with Crippen molar-refractivity contribution in [2.45, 2.75) is 11.8 Å². The molecule has 0 spiro atoms. The molecule has 20 heavy (non-hydrogen) atoms. The van der Waals surface area contributed by atoms with E-state index in [1.54, 1.807) is 12.1 Å². The fourth-order valence-corrected chi connectivity index (χ4v) is 2.15. The van der Waals surface area contributed by atoms with Gasteiger partial charge < -0.3 is 5.32 Å². The van der Waals surface area contributed by atoms with E-state index in [4.69, 9.17) is 5.14 Å². The van der Waals surface area contributed by atoms with Gasteiger partial charge in [-0.3, -0.25) is 4.79 Å². The lowest BCUT2D eigenvalue weighted by molar-refractivity contribution is 0.102. The van der Waals surface area contributed by atoms with Crippen molar-refractivity contribution in [1.29, 1.82) is 0 Å². The molecule has 0 radical (unpaired) electrons. The summed E-state index contributed by atoms with van der Waals surface area (Å²) in [6.07, 6.45) is 0. The maximum absolute atomic E-state index is 12.0. The molecule has 6 heteroatoms. The number of hydrogen-bond donors (Lipinski definition) is 2. The summed E-state index contributed by atoms with van der Waals surface area (Å²) >= 11 is 0. The highest BCUT2D eigenvalue weighted by Gasteiger charge is 2.10. The van der Waals surface area contributed by atoms with Gasteiger partial charge in [-0.25, -0.2) is 13.6 Å². The average molecular weight is 290 g/mol. The topological polar surface area (TPSA) is 89.3 Å². The van der Waals surface area contributed by atoms with E-state index < -0.39 is 10.0 Å². The first-order valence-electron chi connectivity index (χ1n) is 5.87. The van der Waals surface area contributed by atoms with E-state index >= 15 is 0 Å². The first-order valence-corrected chi connectivity index (χ1v) is 7.42. The molecule has 0 unspecified atom stereocenters. The highest BCUT2D eigenvalue weighted by atomic mass is 32.2. The van der Waals surface area contributed by atoms with Crippen molar-refractivity contribution in [3.05, 3.63) is 59.7 Å². The van der Waals surface area contributed by atoms with Crippen LogP contribution in [0, 0.1) is 6.92 Å². The standard InChI is InChI=1S/C14H14N2O3S/c1-10-2-6-12(7-3-10)16-14(17)11-4-8-13(9-5-11)20(15,18)19/h2-9H,1H3,(H,16,17)(H2,15,18,19). The minimum Gasteiger partial charge on any atom is -0.322 e. The largest absolute Gasteiger partial charge is 0.322 e. The van der Waals surface area contributed by atoms with Crippen LogP contribution < -0.4 is 10.5 Å². The van der Waals surface area contributed by atoms with Crippen molar-refractivity contribution in [1.82, 2.24) is 0 Å². The molecule has 0 bridgehead atoms. The predicted octanol–water partition coefficient (Wildman–Crippen LogP) is 1.89. The number of aryl methyl sites for hydroxylation is 1. The quantitative estimate of drug-likeness (QED) is 0.904. The number of sulfonamides is 1. The van der Waals surface area contributed by atoms with Gasteiger partial charge in [-0.2, -0.15) is 0 Å². The number of hydrogen-bond acceptors (Lipinski definition) is 3. The zero-order valence-electron chi connectivity index (χ0n) is 10.8. The first kappa shape index (κ1) is 14.2. The smallest absolute Gasteiger partial charge is 0.255 e. The van der Waals surface area contributed by atoms with E-state index in [2.05, 4.69) is 5.32 Å². The van der Waals surface area contributed by atoms with Crippen molar-refractivity contribution in [3.8, 4) is 0 Å². The summed E-state index contributed by atoms with van der Waals surface area (Å²) in [6, 6.07) is 12.8. The van der Waals surface area contributed by atoms with Crippen LogP contribution in [0.5, 0.6) is 0 Å². The van der Waals surface area contributed by atoms with Crippen molar-refractivity contribution >= 4 is 21.6 Å². The summed E-state index contributed by atoms with van der Waals surface area (Å²) in [4.78, 5) is 11.9. The number of amides is 1. The molecule has 2 rings (SSSR count). The zero-order chi connectivity index (χ0) is 14.8. The van der Waals surface area contributed by atoms with Gasteiger partial charge in [0, 0.05) is 11.3 Å². The van der Waals surface area contributed by atoms with E-state index in [1.165, 1.54) is 24.3 Å². The molecule has 0 atom stereocenters. The molecule has 0 heterocycles. The fraction of sp³-hybridized carbons (Fsp3) is 0.0714. The molecule has 5 nitrogen and oxygen atoms in total. The summed E-state index contributed by atoms with van der Waals surface area (Å²) in [5.41, 5.74) is 2.13. The molecule has 3 N–H and O–H groups in total. The lowest BCUT2D eigenvalue weighted by Gasteiger charge is -2.06. The SMILES string of the molecule is Cc1ccc(NC(=O)c2ccc(S(N)(=O)=O)cc2)cc1. The Morgan fingerprint density at radius 3 is 2.05 bits per heavy atom. The zero-order valence-corrected chi connectivity index (χ0v) is 11.6.